The molecule has 2 aliphatic heterocycles. The normalized spacial score (nSPS) is 20.0. The maximum absolute atomic E-state index is 13.0. The molecule has 2 fully saturated rings. The van der Waals surface area contributed by atoms with Gasteiger partial charge in [-0.15, -0.1) is 0 Å². The van der Waals surface area contributed by atoms with Crippen molar-refractivity contribution in [3.63, 3.8) is 0 Å². The van der Waals surface area contributed by atoms with Crippen LogP contribution in [0.3, 0.4) is 0 Å². The average Bonchev–Trinajstić information content (AvgIpc) is 3.15. The predicted molar refractivity (Wildman–Crippen MR) is 125 cm³/mol. The summed E-state index contributed by atoms with van der Waals surface area (Å²) in [6.07, 6.45) is 2.11. The molecule has 176 valence electrons. The van der Waals surface area contributed by atoms with E-state index in [0.717, 1.165) is 36.6 Å². The molecule has 10 heteroatoms. The largest absolute Gasteiger partial charge is 0.379 e. The molecule has 8 nitrogen and oxygen atoms in total. The fraction of sp³-hybridized carbons (Fsp3) is 0.636. The Labute approximate surface area is 194 Å². The molecule has 0 aliphatic carbocycles. The zero-order chi connectivity index (χ0) is 22.9. The van der Waals surface area contributed by atoms with Gasteiger partial charge in [0.1, 0.15) is 0 Å². The van der Waals surface area contributed by atoms with Gasteiger partial charge in [0.25, 0.3) is 0 Å². The SMILES string of the molecule is CCn1c(SC(C)C(=O)N2CCC(C)CC2)nc2cc(S(=O)(=O)N3CCOCC3)ccc21. The molecule has 1 aromatic heterocycles. The second kappa shape index (κ2) is 9.70. The smallest absolute Gasteiger partial charge is 0.243 e. The molecule has 0 saturated carbocycles. The van der Waals surface area contributed by atoms with Crippen LogP contribution < -0.4 is 0 Å². The molecule has 0 N–H and O–H groups in total. The summed E-state index contributed by atoms with van der Waals surface area (Å²) in [6.45, 7) is 10.1. The van der Waals surface area contributed by atoms with E-state index in [4.69, 9.17) is 9.72 Å². The quantitative estimate of drug-likeness (QED) is 0.591. The van der Waals surface area contributed by atoms with Crippen molar-refractivity contribution in [1.29, 1.82) is 0 Å². The summed E-state index contributed by atoms with van der Waals surface area (Å²) in [7, 11) is -3.58. The standard InChI is InChI=1S/C22H32N4O4S2/c1-4-26-20-6-5-18(32(28,29)25-11-13-30-14-12-25)15-19(20)23-22(26)31-17(3)21(27)24-9-7-16(2)8-10-24/h5-6,15-17H,4,7-14H2,1-3H3. The fourth-order valence-corrected chi connectivity index (χ4v) is 6.77. The van der Waals surface area contributed by atoms with Crippen molar-refractivity contribution in [2.45, 2.75) is 55.5 Å². The first-order valence-electron chi connectivity index (χ1n) is 11.3. The van der Waals surface area contributed by atoms with Crippen LogP contribution in [-0.4, -0.2) is 77.7 Å². The summed E-state index contributed by atoms with van der Waals surface area (Å²) in [6, 6.07) is 5.12. The molecule has 4 rings (SSSR count). The minimum atomic E-state index is -3.58. The number of likely N-dealkylation sites (tertiary alicyclic amines) is 1. The molecule has 0 bridgehead atoms. The monoisotopic (exact) mass is 480 g/mol. The summed E-state index contributed by atoms with van der Waals surface area (Å²) >= 11 is 1.45. The highest BCUT2D eigenvalue weighted by atomic mass is 32.2. The third-order valence-corrected chi connectivity index (χ3v) is 9.31. The topological polar surface area (TPSA) is 84.7 Å². The Morgan fingerprint density at radius 1 is 1.22 bits per heavy atom. The first-order chi connectivity index (χ1) is 15.3. The zero-order valence-corrected chi connectivity index (χ0v) is 20.6. The van der Waals surface area contributed by atoms with Crippen LogP contribution >= 0.6 is 11.8 Å². The van der Waals surface area contributed by atoms with Crippen LogP contribution in [0.1, 0.15) is 33.6 Å². The molecule has 1 aromatic carbocycles. The number of piperidine rings is 1. The number of morpholine rings is 1. The van der Waals surface area contributed by atoms with Crippen molar-refractivity contribution in [2.24, 2.45) is 5.92 Å². The number of nitrogens with zero attached hydrogens (tertiary/aromatic N) is 4. The summed E-state index contributed by atoms with van der Waals surface area (Å²) in [4.78, 5) is 19.9. The summed E-state index contributed by atoms with van der Waals surface area (Å²) in [5.41, 5.74) is 1.51. The van der Waals surface area contributed by atoms with Gasteiger partial charge in [0, 0.05) is 32.7 Å². The van der Waals surface area contributed by atoms with Crippen LogP contribution in [0.5, 0.6) is 0 Å². The number of amides is 1. The Kier molecular flexibility index (Phi) is 7.14. The zero-order valence-electron chi connectivity index (χ0n) is 19.0. The van der Waals surface area contributed by atoms with Gasteiger partial charge in [-0.1, -0.05) is 18.7 Å². The van der Waals surface area contributed by atoms with Crippen molar-refractivity contribution < 1.29 is 17.9 Å². The number of carbonyl (C=O) groups excluding carboxylic acids is 1. The lowest BCUT2D eigenvalue weighted by atomic mass is 9.99. The Bertz CT molecular complexity index is 1070. The molecule has 32 heavy (non-hydrogen) atoms. The molecular formula is C22H32N4O4S2. The molecule has 2 saturated heterocycles. The maximum atomic E-state index is 13.0. The lowest BCUT2D eigenvalue weighted by molar-refractivity contribution is -0.131. The minimum Gasteiger partial charge on any atom is -0.379 e. The van der Waals surface area contributed by atoms with Crippen molar-refractivity contribution in [3.05, 3.63) is 18.2 Å². The van der Waals surface area contributed by atoms with Gasteiger partial charge >= 0.3 is 0 Å². The number of hydrogen-bond donors (Lipinski definition) is 0. The van der Waals surface area contributed by atoms with Gasteiger partial charge < -0.3 is 14.2 Å². The van der Waals surface area contributed by atoms with E-state index in [1.807, 2.05) is 29.4 Å². The van der Waals surface area contributed by atoms with Crippen molar-refractivity contribution in [3.8, 4) is 0 Å². The Balaban J connectivity index is 1.56. The number of aryl methyl sites for hydroxylation is 1. The Morgan fingerprint density at radius 2 is 1.91 bits per heavy atom. The summed E-state index contributed by atoms with van der Waals surface area (Å²) in [5.74, 6) is 0.821. The number of thioether (sulfide) groups is 1. The number of imidazole rings is 1. The minimum absolute atomic E-state index is 0.146. The average molecular weight is 481 g/mol. The van der Waals surface area contributed by atoms with E-state index in [1.165, 1.54) is 16.1 Å². The molecule has 1 atom stereocenters. The third-order valence-electron chi connectivity index (χ3n) is 6.33. The van der Waals surface area contributed by atoms with E-state index in [2.05, 4.69) is 6.92 Å². The molecule has 0 radical (unpaired) electrons. The lowest BCUT2D eigenvalue weighted by Gasteiger charge is -2.32. The molecule has 2 aliphatic rings. The number of sulfonamides is 1. The highest BCUT2D eigenvalue weighted by Crippen LogP contribution is 2.31. The van der Waals surface area contributed by atoms with E-state index >= 15 is 0 Å². The van der Waals surface area contributed by atoms with E-state index in [0.29, 0.717) is 44.3 Å². The van der Waals surface area contributed by atoms with Crippen LogP contribution in [0.25, 0.3) is 11.0 Å². The molecule has 1 unspecified atom stereocenters. The molecular weight excluding hydrogens is 448 g/mol. The number of benzene rings is 1. The van der Waals surface area contributed by atoms with Gasteiger partial charge in [-0.3, -0.25) is 4.79 Å². The highest BCUT2D eigenvalue weighted by Gasteiger charge is 2.29. The van der Waals surface area contributed by atoms with Crippen LogP contribution in [0.15, 0.2) is 28.3 Å². The number of rotatable bonds is 6. The first kappa shape index (κ1) is 23.5. The molecule has 2 aromatic rings. The maximum Gasteiger partial charge on any atom is 0.243 e. The van der Waals surface area contributed by atoms with Gasteiger partial charge in [0.05, 0.1) is 34.4 Å². The van der Waals surface area contributed by atoms with E-state index in [-0.39, 0.29) is 16.1 Å². The molecule has 1 amide bonds. The van der Waals surface area contributed by atoms with Crippen LogP contribution in [0, 0.1) is 5.92 Å². The first-order valence-corrected chi connectivity index (χ1v) is 13.7. The number of hydrogen-bond acceptors (Lipinski definition) is 6. The second-order valence-corrected chi connectivity index (χ2v) is 11.8. The Hall–Kier alpha value is -1.62. The summed E-state index contributed by atoms with van der Waals surface area (Å²) < 4.78 is 34.9. The number of ether oxygens (including phenoxy) is 1. The van der Waals surface area contributed by atoms with E-state index < -0.39 is 10.0 Å². The fourth-order valence-electron chi connectivity index (χ4n) is 4.27. The van der Waals surface area contributed by atoms with Crippen LogP contribution in [0.2, 0.25) is 0 Å². The van der Waals surface area contributed by atoms with Gasteiger partial charge in [0.15, 0.2) is 5.16 Å². The van der Waals surface area contributed by atoms with Crippen molar-refractivity contribution in [1.82, 2.24) is 18.8 Å². The van der Waals surface area contributed by atoms with Gasteiger partial charge in [-0.25, -0.2) is 13.4 Å². The lowest BCUT2D eigenvalue weighted by Crippen LogP contribution is -2.41. The molecule has 3 heterocycles. The third kappa shape index (κ3) is 4.69. The van der Waals surface area contributed by atoms with Crippen molar-refractivity contribution >= 4 is 38.7 Å². The number of aromatic nitrogens is 2. The predicted octanol–water partition coefficient (Wildman–Crippen LogP) is 2.82. The van der Waals surface area contributed by atoms with Crippen LogP contribution in [0.4, 0.5) is 0 Å². The summed E-state index contributed by atoms with van der Waals surface area (Å²) in [5, 5.41) is 0.497. The van der Waals surface area contributed by atoms with Crippen LogP contribution in [-0.2, 0) is 26.1 Å². The van der Waals surface area contributed by atoms with E-state index in [9.17, 15) is 13.2 Å². The second-order valence-electron chi connectivity index (χ2n) is 8.57. The van der Waals surface area contributed by atoms with Gasteiger partial charge in [-0.05, 0) is 50.8 Å². The van der Waals surface area contributed by atoms with Gasteiger partial charge in [0.2, 0.25) is 15.9 Å². The van der Waals surface area contributed by atoms with Gasteiger partial charge in [-0.2, -0.15) is 4.31 Å². The highest BCUT2D eigenvalue weighted by molar-refractivity contribution is 8.00. The number of carbonyl (C=O) groups is 1. The molecule has 0 spiro atoms. The Morgan fingerprint density at radius 3 is 2.56 bits per heavy atom. The van der Waals surface area contributed by atoms with Crippen molar-refractivity contribution in [2.75, 3.05) is 39.4 Å². The number of fused-ring (bicyclic) bond motifs is 1. The van der Waals surface area contributed by atoms with E-state index in [1.54, 1.807) is 12.1 Å².